The summed E-state index contributed by atoms with van der Waals surface area (Å²) in [5, 5.41) is 0. The van der Waals surface area contributed by atoms with E-state index >= 15 is 0 Å². The summed E-state index contributed by atoms with van der Waals surface area (Å²) in [5.74, 6) is 0.723. The van der Waals surface area contributed by atoms with E-state index in [0.717, 1.165) is 16.8 Å². The van der Waals surface area contributed by atoms with Gasteiger partial charge in [-0.05, 0) is 71.6 Å². The number of hydrogen-bond donors (Lipinski definition) is 0. The second-order valence-electron chi connectivity index (χ2n) is 10.9. The zero-order valence-corrected chi connectivity index (χ0v) is 21.8. The number of carbonyl (C=O) groups excluding carboxylic acids is 1. The van der Waals surface area contributed by atoms with E-state index < -0.39 is 23.9 Å². The first-order valence-corrected chi connectivity index (χ1v) is 11.9. The molecular formula is C27H38BNO5. The predicted molar refractivity (Wildman–Crippen MR) is 135 cm³/mol. The highest BCUT2D eigenvalue weighted by atomic mass is 16.7. The first-order valence-electron chi connectivity index (χ1n) is 11.9. The van der Waals surface area contributed by atoms with E-state index in [1.54, 1.807) is 11.9 Å². The van der Waals surface area contributed by atoms with Gasteiger partial charge in [-0.1, -0.05) is 42.5 Å². The Morgan fingerprint density at radius 2 is 1.62 bits per heavy atom. The molecule has 1 unspecified atom stereocenters. The Morgan fingerprint density at radius 3 is 2.21 bits per heavy atom. The molecule has 7 heteroatoms. The Hall–Kier alpha value is -2.51. The van der Waals surface area contributed by atoms with Gasteiger partial charge in [-0.2, -0.15) is 0 Å². The second-order valence-corrected chi connectivity index (χ2v) is 10.9. The maximum Gasteiger partial charge on any atom is 0.494 e. The third-order valence-electron chi connectivity index (χ3n) is 6.27. The van der Waals surface area contributed by atoms with Crippen molar-refractivity contribution >= 4 is 18.7 Å². The molecule has 0 radical (unpaired) electrons. The quantitative estimate of drug-likeness (QED) is 0.513. The van der Waals surface area contributed by atoms with Crippen LogP contribution in [0.4, 0.5) is 4.79 Å². The molecule has 0 spiro atoms. The highest BCUT2D eigenvalue weighted by molar-refractivity contribution is 6.62. The van der Waals surface area contributed by atoms with Crippen molar-refractivity contribution in [2.24, 2.45) is 0 Å². The van der Waals surface area contributed by atoms with E-state index in [1.165, 1.54) is 0 Å². The van der Waals surface area contributed by atoms with Crippen molar-refractivity contribution in [1.82, 2.24) is 4.90 Å². The molecule has 34 heavy (non-hydrogen) atoms. The maximum absolute atomic E-state index is 12.4. The number of hydrogen-bond acceptors (Lipinski definition) is 5. The van der Waals surface area contributed by atoms with Crippen LogP contribution in [0.25, 0.3) is 0 Å². The second kappa shape index (κ2) is 10.0. The molecule has 1 heterocycles. The SMILES string of the molecule is CN(CCC(Oc1cccc(B2OC(C)(C)C(C)(C)O2)c1)c1ccccc1)C(=O)OC(C)(C)C. The Kier molecular flexibility index (Phi) is 7.68. The molecule has 2 aromatic carbocycles. The van der Waals surface area contributed by atoms with Crippen molar-refractivity contribution in [2.45, 2.75) is 77.8 Å². The zero-order chi connectivity index (χ0) is 25.1. The Labute approximate surface area is 204 Å². The van der Waals surface area contributed by atoms with Crippen molar-refractivity contribution in [3.8, 4) is 5.75 Å². The zero-order valence-electron chi connectivity index (χ0n) is 21.8. The van der Waals surface area contributed by atoms with Crippen molar-refractivity contribution in [2.75, 3.05) is 13.6 Å². The molecule has 1 saturated heterocycles. The van der Waals surface area contributed by atoms with Gasteiger partial charge in [0.15, 0.2) is 0 Å². The Morgan fingerprint density at radius 1 is 1.00 bits per heavy atom. The number of benzene rings is 2. The lowest BCUT2D eigenvalue weighted by Gasteiger charge is -2.32. The Balaban J connectivity index is 1.74. The third-order valence-corrected chi connectivity index (χ3v) is 6.27. The average Bonchev–Trinajstić information content (AvgIpc) is 2.97. The summed E-state index contributed by atoms with van der Waals surface area (Å²) in [5.41, 5.74) is 0.602. The minimum Gasteiger partial charge on any atom is -0.486 e. The van der Waals surface area contributed by atoms with Crippen molar-refractivity contribution < 1.29 is 23.6 Å². The predicted octanol–water partition coefficient (Wildman–Crippen LogP) is 5.36. The summed E-state index contributed by atoms with van der Waals surface area (Å²) in [6.07, 6.45) is 0.0298. The van der Waals surface area contributed by atoms with Crippen LogP contribution in [0.3, 0.4) is 0 Å². The number of nitrogens with zero attached hydrogens (tertiary/aromatic N) is 1. The van der Waals surface area contributed by atoms with E-state index in [0.29, 0.717) is 13.0 Å². The van der Waals surface area contributed by atoms with Crippen molar-refractivity contribution in [3.63, 3.8) is 0 Å². The lowest BCUT2D eigenvalue weighted by molar-refractivity contribution is 0.00578. The average molecular weight is 467 g/mol. The smallest absolute Gasteiger partial charge is 0.486 e. The van der Waals surface area contributed by atoms with Crippen molar-refractivity contribution in [1.29, 1.82) is 0 Å². The van der Waals surface area contributed by atoms with Gasteiger partial charge in [0.1, 0.15) is 17.5 Å². The van der Waals surface area contributed by atoms with Gasteiger partial charge < -0.3 is 23.7 Å². The van der Waals surface area contributed by atoms with Gasteiger partial charge in [0.05, 0.1) is 11.2 Å². The molecule has 184 valence electrons. The van der Waals surface area contributed by atoms with E-state index in [-0.39, 0.29) is 12.2 Å². The molecule has 1 atom stereocenters. The number of rotatable bonds is 7. The van der Waals surface area contributed by atoms with Gasteiger partial charge >= 0.3 is 13.2 Å². The molecular weight excluding hydrogens is 429 g/mol. The minimum absolute atomic E-state index is 0.236. The van der Waals surface area contributed by atoms with E-state index in [1.807, 2.05) is 103 Å². The van der Waals surface area contributed by atoms with Gasteiger partial charge in [0.25, 0.3) is 0 Å². The van der Waals surface area contributed by atoms with Crippen LogP contribution in [0.2, 0.25) is 0 Å². The molecule has 0 N–H and O–H groups in total. The third kappa shape index (κ3) is 6.54. The van der Waals surface area contributed by atoms with E-state index in [9.17, 15) is 4.79 Å². The van der Waals surface area contributed by atoms with Crippen LogP contribution >= 0.6 is 0 Å². The van der Waals surface area contributed by atoms with Gasteiger partial charge in [-0.15, -0.1) is 0 Å². The van der Waals surface area contributed by atoms with E-state index in [4.69, 9.17) is 18.8 Å². The van der Waals surface area contributed by atoms with E-state index in [2.05, 4.69) is 0 Å². The molecule has 1 aliphatic heterocycles. The van der Waals surface area contributed by atoms with Gasteiger partial charge in [-0.25, -0.2) is 4.79 Å². The highest BCUT2D eigenvalue weighted by Gasteiger charge is 2.51. The summed E-state index contributed by atoms with van der Waals surface area (Å²) in [4.78, 5) is 14.0. The van der Waals surface area contributed by atoms with Crippen LogP contribution in [0.15, 0.2) is 54.6 Å². The lowest BCUT2D eigenvalue weighted by atomic mass is 9.79. The number of ether oxygens (including phenoxy) is 2. The molecule has 0 saturated carbocycles. The van der Waals surface area contributed by atoms with Crippen LogP contribution in [-0.4, -0.2) is 48.5 Å². The molecule has 3 rings (SSSR count). The van der Waals surface area contributed by atoms with Crippen LogP contribution in [0.5, 0.6) is 5.75 Å². The summed E-state index contributed by atoms with van der Waals surface area (Å²) < 4.78 is 24.3. The minimum atomic E-state index is -0.533. The topological polar surface area (TPSA) is 57.2 Å². The normalized spacial score (nSPS) is 17.8. The van der Waals surface area contributed by atoms with Crippen LogP contribution < -0.4 is 10.2 Å². The van der Waals surface area contributed by atoms with Gasteiger partial charge in [0.2, 0.25) is 0 Å². The monoisotopic (exact) mass is 467 g/mol. The first kappa shape index (κ1) is 26.1. The van der Waals surface area contributed by atoms with Crippen LogP contribution in [-0.2, 0) is 14.0 Å². The molecule has 0 aromatic heterocycles. The molecule has 2 aromatic rings. The fourth-order valence-electron chi connectivity index (χ4n) is 3.58. The summed E-state index contributed by atoms with van der Waals surface area (Å²) in [6.45, 7) is 14.2. The van der Waals surface area contributed by atoms with Crippen LogP contribution in [0.1, 0.15) is 66.6 Å². The fourth-order valence-corrected chi connectivity index (χ4v) is 3.58. The standard InChI is InChI=1S/C27H38BNO5/c1-25(2,3)32-24(30)29(8)18-17-23(20-13-10-9-11-14-20)31-22-16-12-15-21(19-22)28-33-26(4,5)27(6,7)34-28/h9-16,19,23H,17-18H2,1-8H3. The number of amides is 1. The lowest BCUT2D eigenvalue weighted by Crippen LogP contribution is -2.41. The molecule has 1 amide bonds. The summed E-state index contributed by atoms with van der Waals surface area (Å²) in [7, 11) is 1.29. The molecule has 1 aliphatic rings. The van der Waals surface area contributed by atoms with Gasteiger partial charge in [0, 0.05) is 20.0 Å². The molecule has 0 aliphatic carbocycles. The highest BCUT2D eigenvalue weighted by Crippen LogP contribution is 2.36. The number of carbonyl (C=O) groups is 1. The largest absolute Gasteiger partial charge is 0.494 e. The maximum atomic E-state index is 12.4. The van der Waals surface area contributed by atoms with Crippen LogP contribution in [0, 0.1) is 0 Å². The molecule has 1 fully saturated rings. The fraction of sp³-hybridized carbons (Fsp3) is 0.519. The molecule has 0 bridgehead atoms. The first-order chi connectivity index (χ1) is 15.8. The van der Waals surface area contributed by atoms with Crippen molar-refractivity contribution in [3.05, 3.63) is 60.2 Å². The Bertz CT molecular complexity index is 954. The summed E-state index contributed by atoms with van der Waals surface area (Å²) in [6, 6.07) is 17.9. The summed E-state index contributed by atoms with van der Waals surface area (Å²) >= 11 is 0. The van der Waals surface area contributed by atoms with Gasteiger partial charge in [-0.3, -0.25) is 0 Å². The molecule has 6 nitrogen and oxygen atoms in total.